The fourth-order valence-corrected chi connectivity index (χ4v) is 5.86. The van der Waals surface area contributed by atoms with Gasteiger partial charge in [0.2, 0.25) is 0 Å². The van der Waals surface area contributed by atoms with E-state index >= 15 is 0 Å². The van der Waals surface area contributed by atoms with E-state index in [9.17, 15) is 0 Å². The molecule has 0 amide bonds. The lowest BCUT2D eigenvalue weighted by Gasteiger charge is -2.10. The summed E-state index contributed by atoms with van der Waals surface area (Å²) in [4.78, 5) is 18.2. The molecule has 0 bridgehead atoms. The van der Waals surface area contributed by atoms with Gasteiger partial charge in [-0.3, -0.25) is 0 Å². The lowest BCUT2D eigenvalue weighted by atomic mass is 10.0. The Labute approximate surface area is 260 Å². The van der Waals surface area contributed by atoms with Gasteiger partial charge in [0, 0.05) is 27.8 Å². The molecule has 8 aromatic rings. The average molecular weight is 576 g/mol. The Morgan fingerprint density at radius 3 is 1.47 bits per heavy atom. The van der Waals surface area contributed by atoms with Crippen LogP contribution in [0.15, 0.2) is 152 Å². The Balaban J connectivity index is 1.15. The highest BCUT2D eigenvalue weighted by Crippen LogP contribution is 2.35. The molecule has 0 saturated carbocycles. The van der Waals surface area contributed by atoms with Crippen molar-refractivity contribution in [1.29, 1.82) is 0 Å². The molecular weight excluding hydrogens is 550 g/mol. The van der Waals surface area contributed by atoms with Gasteiger partial charge in [0.05, 0.1) is 17.6 Å². The Morgan fingerprint density at radius 2 is 0.889 bits per heavy atom. The first-order chi connectivity index (χ1) is 22.2. The van der Waals surface area contributed by atoms with Crippen molar-refractivity contribution in [3.8, 4) is 51.0 Å². The van der Waals surface area contributed by atoms with E-state index in [4.69, 9.17) is 21.5 Å². The van der Waals surface area contributed by atoms with Crippen molar-refractivity contribution < 1.29 is 0 Å². The second-order valence-electron chi connectivity index (χ2n) is 10.8. The first-order valence-electron chi connectivity index (χ1n) is 14.7. The van der Waals surface area contributed by atoms with Crippen LogP contribution in [0.1, 0.15) is 0 Å². The Morgan fingerprint density at radius 1 is 0.422 bits per heavy atom. The minimum absolute atomic E-state index is 0.636. The van der Waals surface area contributed by atoms with E-state index < -0.39 is 0 Å². The van der Waals surface area contributed by atoms with Gasteiger partial charge in [0.15, 0.2) is 23.2 Å². The van der Waals surface area contributed by atoms with Gasteiger partial charge in [-0.1, -0.05) is 121 Å². The minimum atomic E-state index is 0.636. The van der Waals surface area contributed by atoms with E-state index in [1.54, 1.807) is 0 Å². The molecule has 2 heterocycles. The highest BCUT2D eigenvalue weighted by Gasteiger charge is 2.14. The molecule has 0 atom stereocenters. The van der Waals surface area contributed by atoms with E-state index in [1.165, 1.54) is 0 Å². The molecule has 0 spiro atoms. The molecule has 0 N–H and O–H groups in total. The molecular formula is C40H25N5. The van der Waals surface area contributed by atoms with Crippen LogP contribution in [0.3, 0.4) is 0 Å². The van der Waals surface area contributed by atoms with Crippen molar-refractivity contribution in [1.82, 2.24) is 19.5 Å². The van der Waals surface area contributed by atoms with Gasteiger partial charge in [-0.2, -0.15) is 0 Å². The van der Waals surface area contributed by atoms with Crippen LogP contribution in [0.5, 0.6) is 0 Å². The number of fused-ring (bicyclic) bond motifs is 3. The first-order valence-corrected chi connectivity index (χ1v) is 14.7. The number of para-hydroxylation sites is 1. The van der Waals surface area contributed by atoms with Crippen LogP contribution >= 0.6 is 0 Å². The third-order valence-corrected chi connectivity index (χ3v) is 8.09. The monoisotopic (exact) mass is 575 g/mol. The highest BCUT2D eigenvalue weighted by atomic mass is 15.0. The zero-order valence-corrected chi connectivity index (χ0v) is 24.2. The van der Waals surface area contributed by atoms with E-state index in [0.29, 0.717) is 23.2 Å². The van der Waals surface area contributed by atoms with E-state index in [0.717, 1.165) is 55.3 Å². The molecule has 5 heteroatoms. The van der Waals surface area contributed by atoms with Crippen LogP contribution in [0.25, 0.3) is 77.6 Å². The Hall–Kier alpha value is -6.38. The molecule has 0 saturated heterocycles. The third-order valence-electron chi connectivity index (χ3n) is 8.09. The summed E-state index contributed by atoms with van der Waals surface area (Å²) in [7, 11) is 0. The second-order valence-corrected chi connectivity index (χ2v) is 10.8. The summed E-state index contributed by atoms with van der Waals surface area (Å²) in [5, 5.41) is 2.23. The summed E-state index contributed by atoms with van der Waals surface area (Å²) < 4.78 is 2.26. The molecule has 0 aliphatic rings. The summed E-state index contributed by atoms with van der Waals surface area (Å²) in [5.41, 5.74) is 8.98. The third kappa shape index (κ3) is 4.81. The summed E-state index contributed by atoms with van der Waals surface area (Å²) in [6.45, 7) is 7.46. The zero-order chi connectivity index (χ0) is 30.2. The van der Waals surface area contributed by atoms with Crippen LogP contribution in [0, 0.1) is 6.57 Å². The van der Waals surface area contributed by atoms with Crippen molar-refractivity contribution in [2.45, 2.75) is 0 Å². The summed E-state index contributed by atoms with van der Waals surface area (Å²) in [5.74, 6) is 1.93. The van der Waals surface area contributed by atoms with Gasteiger partial charge in [-0.25, -0.2) is 19.8 Å². The zero-order valence-electron chi connectivity index (χ0n) is 24.2. The number of rotatable bonds is 5. The molecule has 0 fully saturated rings. The van der Waals surface area contributed by atoms with Crippen molar-refractivity contribution in [2.24, 2.45) is 0 Å². The van der Waals surface area contributed by atoms with Crippen molar-refractivity contribution >= 4 is 27.5 Å². The Bertz CT molecular complexity index is 2290. The largest absolute Gasteiger partial charge is 0.309 e. The number of hydrogen-bond acceptors (Lipinski definition) is 3. The number of nitrogens with zero attached hydrogens (tertiary/aromatic N) is 5. The predicted octanol–water partition coefficient (Wildman–Crippen LogP) is 10.2. The minimum Gasteiger partial charge on any atom is -0.309 e. The summed E-state index contributed by atoms with van der Waals surface area (Å²) in [6.07, 6.45) is 0. The quantitative estimate of drug-likeness (QED) is 0.192. The molecule has 210 valence electrons. The van der Waals surface area contributed by atoms with E-state index in [-0.39, 0.29) is 0 Å². The van der Waals surface area contributed by atoms with E-state index in [2.05, 4.69) is 76.1 Å². The van der Waals surface area contributed by atoms with Crippen molar-refractivity contribution in [2.75, 3.05) is 0 Å². The van der Waals surface area contributed by atoms with Gasteiger partial charge in [-0.15, -0.1) is 0 Å². The fraction of sp³-hybridized carbons (Fsp3) is 0. The molecule has 8 rings (SSSR count). The van der Waals surface area contributed by atoms with Gasteiger partial charge in [0.25, 0.3) is 0 Å². The number of hydrogen-bond donors (Lipinski definition) is 0. The maximum atomic E-state index is 7.46. The highest BCUT2D eigenvalue weighted by molar-refractivity contribution is 6.10. The molecule has 5 nitrogen and oxygen atoms in total. The normalized spacial score (nSPS) is 11.1. The molecule has 0 radical (unpaired) electrons. The van der Waals surface area contributed by atoms with Crippen LogP contribution in [0.2, 0.25) is 0 Å². The fourth-order valence-electron chi connectivity index (χ4n) is 5.86. The molecule has 0 unspecified atom stereocenters. The molecule has 0 aliphatic carbocycles. The number of aromatic nitrogens is 4. The van der Waals surface area contributed by atoms with Gasteiger partial charge >= 0.3 is 0 Å². The standard InChI is InChI=1S/C40H25N5/c1-41-32-22-25-37-35(26-32)34-14-8-9-15-36(34)45(37)33-23-20-28(21-24-33)27-16-18-31(19-17-27)40-43-38(29-10-4-2-5-11-29)42-39(44-40)30-12-6-3-7-13-30/h2-26H. The van der Waals surface area contributed by atoms with Gasteiger partial charge in [0.1, 0.15) is 0 Å². The predicted molar refractivity (Wildman–Crippen MR) is 182 cm³/mol. The number of benzene rings is 6. The molecule has 45 heavy (non-hydrogen) atoms. The lowest BCUT2D eigenvalue weighted by Crippen LogP contribution is -2.00. The van der Waals surface area contributed by atoms with E-state index in [1.807, 2.05) is 84.9 Å². The lowest BCUT2D eigenvalue weighted by molar-refractivity contribution is 1.07. The summed E-state index contributed by atoms with van der Waals surface area (Å²) in [6, 6.07) is 51.3. The smallest absolute Gasteiger partial charge is 0.188 e. The molecule has 0 aliphatic heterocycles. The van der Waals surface area contributed by atoms with Gasteiger partial charge in [-0.05, 0) is 46.8 Å². The first kappa shape index (κ1) is 26.3. The second kappa shape index (κ2) is 11.0. The van der Waals surface area contributed by atoms with Crippen LogP contribution in [-0.4, -0.2) is 19.5 Å². The topological polar surface area (TPSA) is 48.0 Å². The maximum Gasteiger partial charge on any atom is 0.188 e. The van der Waals surface area contributed by atoms with Crippen molar-refractivity contribution in [3.05, 3.63) is 163 Å². The van der Waals surface area contributed by atoms with Gasteiger partial charge < -0.3 is 4.57 Å². The van der Waals surface area contributed by atoms with Crippen LogP contribution in [0.4, 0.5) is 5.69 Å². The van der Waals surface area contributed by atoms with Crippen molar-refractivity contribution in [3.63, 3.8) is 0 Å². The average Bonchev–Trinajstić information content (AvgIpc) is 3.46. The molecule has 2 aromatic heterocycles. The SMILES string of the molecule is [C-]#[N+]c1ccc2c(c1)c1ccccc1n2-c1ccc(-c2ccc(-c3nc(-c4ccccc4)nc(-c4ccccc4)n3)cc2)cc1. The van der Waals surface area contributed by atoms with Crippen LogP contribution in [-0.2, 0) is 0 Å². The Kier molecular flexibility index (Phi) is 6.44. The summed E-state index contributed by atoms with van der Waals surface area (Å²) >= 11 is 0. The molecule has 6 aromatic carbocycles. The van der Waals surface area contributed by atoms with Crippen LogP contribution < -0.4 is 0 Å². The maximum absolute atomic E-state index is 7.46.